The molecule has 0 aromatic heterocycles. The van der Waals surface area contributed by atoms with Crippen LogP contribution in [0.2, 0.25) is 0 Å². The van der Waals surface area contributed by atoms with Crippen LogP contribution in [0.4, 0.5) is 4.79 Å². The first-order valence-corrected chi connectivity index (χ1v) is 7.03. The summed E-state index contributed by atoms with van der Waals surface area (Å²) in [5.74, 6) is 0. The van der Waals surface area contributed by atoms with Gasteiger partial charge in [0, 0.05) is 0 Å². The number of amides is 1. The minimum Gasteiger partial charge on any atom is -0.444 e. The molecule has 0 N–H and O–H groups in total. The highest BCUT2D eigenvalue weighted by atomic mass is 16.6. The summed E-state index contributed by atoms with van der Waals surface area (Å²) in [6.07, 6.45) is -0.353. The van der Waals surface area contributed by atoms with Crippen LogP contribution >= 0.6 is 0 Å². The van der Waals surface area contributed by atoms with Crippen LogP contribution in [0.1, 0.15) is 39.4 Å². The first-order chi connectivity index (χ1) is 9.37. The number of nitrogens with zero attached hydrogens (tertiary/aromatic N) is 1. The predicted octanol–water partition coefficient (Wildman–Crippen LogP) is 3.38. The van der Waals surface area contributed by atoms with Crippen molar-refractivity contribution in [3.8, 4) is 0 Å². The molecule has 1 heterocycles. The Balaban J connectivity index is 2.07. The van der Waals surface area contributed by atoms with E-state index >= 15 is 0 Å². The summed E-state index contributed by atoms with van der Waals surface area (Å²) < 4.78 is 11.3. The molecule has 110 valence electrons. The molecule has 1 amide bonds. The molecule has 4 heteroatoms. The number of carbonyl (C=O) groups excluding carboxylic acids is 1. The van der Waals surface area contributed by atoms with Crippen LogP contribution < -0.4 is 0 Å². The zero-order chi connectivity index (χ0) is 14.8. The molecule has 0 saturated carbocycles. The number of carbonyl (C=O) groups is 1. The highest BCUT2D eigenvalue weighted by Crippen LogP contribution is 2.26. The molecular formula is C16H23NO3. The van der Waals surface area contributed by atoms with Gasteiger partial charge in [-0.1, -0.05) is 30.3 Å². The van der Waals surface area contributed by atoms with Crippen LogP contribution in [0.15, 0.2) is 30.3 Å². The second-order valence-corrected chi connectivity index (χ2v) is 6.21. The fourth-order valence-corrected chi connectivity index (χ4v) is 2.20. The van der Waals surface area contributed by atoms with Crippen LogP contribution in [0.25, 0.3) is 0 Å². The van der Waals surface area contributed by atoms with Gasteiger partial charge in [0.1, 0.15) is 11.7 Å². The van der Waals surface area contributed by atoms with E-state index < -0.39 is 5.60 Å². The van der Waals surface area contributed by atoms with Gasteiger partial charge >= 0.3 is 6.09 Å². The molecule has 0 aliphatic carbocycles. The summed E-state index contributed by atoms with van der Waals surface area (Å²) in [4.78, 5) is 14.0. The number of benzene rings is 1. The molecule has 20 heavy (non-hydrogen) atoms. The van der Waals surface area contributed by atoms with Gasteiger partial charge in [0.15, 0.2) is 0 Å². The Labute approximate surface area is 120 Å². The van der Waals surface area contributed by atoms with E-state index in [1.165, 1.54) is 0 Å². The summed E-state index contributed by atoms with van der Waals surface area (Å²) in [7, 11) is 0. The van der Waals surface area contributed by atoms with E-state index in [0.29, 0.717) is 13.2 Å². The normalized spacial score (nSPS) is 23.5. The summed E-state index contributed by atoms with van der Waals surface area (Å²) in [6, 6.07) is 10.0. The Hall–Kier alpha value is -1.55. The molecule has 0 unspecified atom stereocenters. The van der Waals surface area contributed by atoms with Gasteiger partial charge in [-0.05, 0) is 33.3 Å². The van der Waals surface area contributed by atoms with Crippen molar-refractivity contribution >= 4 is 6.09 Å². The van der Waals surface area contributed by atoms with Gasteiger partial charge in [0.05, 0.1) is 19.2 Å². The van der Waals surface area contributed by atoms with Crippen molar-refractivity contribution in [2.75, 3.05) is 13.2 Å². The summed E-state index contributed by atoms with van der Waals surface area (Å²) in [5, 5.41) is 0. The molecule has 1 aliphatic heterocycles. The summed E-state index contributed by atoms with van der Waals surface area (Å²) in [5.41, 5.74) is 0.616. The van der Waals surface area contributed by atoms with Crippen molar-refractivity contribution in [3.63, 3.8) is 0 Å². The molecule has 0 radical (unpaired) electrons. The standard InChI is InChI=1S/C16H23NO3/c1-12-11-19-14(13-8-6-5-7-9-13)10-17(12)15(18)20-16(2,3)4/h5-9,12,14H,10-11H2,1-4H3/t12-,14-/m1/s1. The molecule has 2 rings (SSSR count). The maximum Gasteiger partial charge on any atom is 0.410 e. The van der Waals surface area contributed by atoms with Gasteiger partial charge in [-0.15, -0.1) is 0 Å². The third kappa shape index (κ3) is 3.73. The quantitative estimate of drug-likeness (QED) is 0.790. The van der Waals surface area contributed by atoms with Crippen molar-refractivity contribution in [3.05, 3.63) is 35.9 Å². The zero-order valence-corrected chi connectivity index (χ0v) is 12.6. The fraction of sp³-hybridized carbons (Fsp3) is 0.562. The number of ether oxygens (including phenoxy) is 2. The van der Waals surface area contributed by atoms with E-state index in [-0.39, 0.29) is 18.2 Å². The van der Waals surface area contributed by atoms with E-state index in [1.807, 2.05) is 58.0 Å². The van der Waals surface area contributed by atoms with Gasteiger partial charge in [-0.25, -0.2) is 4.79 Å². The van der Waals surface area contributed by atoms with Crippen LogP contribution in [-0.2, 0) is 9.47 Å². The highest BCUT2D eigenvalue weighted by molar-refractivity contribution is 5.68. The van der Waals surface area contributed by atoms with Gasteiger partial charge in [-0.3, -0.25) is 0 Å². The zero-order valence-electron chi connectivity index (χ0n) is 12.6. The van der Waals surface area contributed by atoms with Crippen LogP contribution in [-0.4, -0.2) is 35.8 Å². The third-order valence-corrected chi connectivity index (χ3v) is 3.23. The largest absolute Gasteiger partial charge is 0.444 e. The lowest BCUT2D eigenvalue weighted by Crippen LogP contribution is -2.49. The first-order valence-electron chi connectivity index (χ1n) is 7.03. The Kier molecular flexibility index (Phi) is 4.33. The number of morpholine rings is 1. The Morgan fingerprint density at radius 1 is 1.30 bits per heavy atom. The minimum atomic E-state index is -0.475. The molecule has 1 aromatic rings. The molecule has 0 spiro atoms. The summed E-state index contributed by atoms with van der Waals surface area (Å²) in [6.45, 7) is 8.67. The average molecular weight is 277 g/mol. The van der Waals surface area contributed by atoms with Crippen molar-refractivity contribution in [1.29, 1.82) is 0 Å². The van der Waals surface area contributed by atoms with Crippen LogP contribution in [0, 0.1) is 0 Å². The monoisotopic (exact) mass is 277 g/mol. The maximum atomic E-state index is 12.2. The lowest BCUT2D eigenvalue weighted by Gasteiger charge is -2.38. The topological polar surface area (TPSA) is 38.8 Å². The van der Waals surface area contributed by atoms with Crippen LogP contribution in [0.3, 0.4) is 0 Å². The number of hydrogen-bond donors (Lipinski definition) is 0. The second kappa shape index (κ2) is 5.83. The Morgan fingerprint density at radius 2 is 1.95 bits per heavy atom. The van der Waals surface area contributed by atoms with E-state index in [0.717, 1.165) is 5.56 Å². The van der Waals surface area contributed by atoms with Crippen molar-refractivity contribution in [1.82, 2.24) is 4.90 Å². The van der Waals surface area contributed by atoms with Crippen molar-refractivity contribution in [2.24, 2.45) is 0 Å². The first kappa shape index (κ1) is 14.9. The average Bonchev–Trinajstić information content (AvgIpc) is 2.38. The molecule has 1 fully saturated rings. The summed E-state index contributed by atoms with van der Waals surface area (Å²) >= 11 is 0. The van der Waals surface area contributed by atoms with Crippen molar-refractivity contribution < 1.29 is 14.3 Å². The Morgan fingerprint density at radius 3 is 2.55 bits per heavy atom. The lowest BCUT2D eigenvalue weighted by atomic mass is 10.1. The predicted molar refractivity (Wildman–Crippen MR) is 77.5 cm³/mol. The minimum absolute atomic E-state index is 0.0322. The van der Waals surface area contributed by atoms with Gasteiger partial charge < -0.3 is 14.4 Å². The van der Waals surface area contributed by atoms with E-state index in [2.05, 4.69) is 0 Å². The van der Waals surface area contributed by atoms with Crippen molar-refractivity contribution in [2.45, 2.75) is 45.4 Å². The SMILES string of the molecule is C[C@@H]1CO[C@@H](c2ccccc2)CN1C(=O)OC(C)(C)C. The molecule has 4 nitrogen and oxygen atoms in total. The second-order valence-electron chi connectivity index (χ2n) is 6.21. The van der Waals surface area contributed by atoms with Gasteiger partial charge in [0.2, 0.25) is 0 Å². The Bertz CT molecular complexity index is 453. The molecule has 0 bridgehead atoms. The number of rotatable bonds is 1. The third-order valence-electron chi connectivity index (χ3n) is 3.23. The van der Waals surface area contributed by atoms with Gasteiger partial charge in [0.25, 0.3) is 0 Å². The molecule has 1 aromatic carbocycles. The van der Waals surface area contributed by atoms with Gasteiger partial charge in [-0.2, -0.15) is 0 Å². The fourth-order valence-electron chi connectivity index (χ4n) is 2.20. The maximum absolute atomic E-state index is 12.2. The molecule has 1 saturated heterocycles. The van der Waals surface area contributed by atoms with E-state index in [4.69, 9.17) is 9.47 Å². The van der Waals surface area contributed by atoms with E-state index in [1.54, 1.807) is 4.90 Å². The number of hydrogen-bond acceptors (Lipinski definition) is 3. The molecular weight excluding hydrogens is 254 g/mol. The molecule has 1 aliphatic rings. The lowest BCUT2D eigenvalue weighted by molar-refractivity contribution is -0.0668. The highest BCUT2D eigenvalue weighted by Gasteiger charge is 2.33. The van der Waals surface area contributed by atoms with E-state index in [9.17, 15) is 4.79 Å². The smallest absolute Gasteiger partial charge is 0.410 e. The van der Waals surface area contributed by atoms with Crippen LogP contribution in [0.5, 0.6) is 0 Å². The molecule has 2 atom stereocenters.